The van der Waals surface area contributed by atoms with Gasteiger partial charge in [0.2, 0.25) is 5.91 Å². The number of amides is 1. The summed E-state index contributed by atoms with van der Waals surface area (Å²) in [6.07, 6.45) is 19.0. The van der Waals surface area contributed by atoms with Gasteiger partial charge in [-0.1, -0.05) is 69.7 Å². The number of unbranched alkanes of at least 4 members (excludes halogenated alkanes) is 2. The number of carbonyl (C=O) groups excluding carboxylic acids is 1. The Kier molecular flexibility index (Phi) is 20.3. The first-order chi connectivity index (χ1) is 17.1. The van der Waals surface area contributed by atoms with Crippen LogP contribution in [-0.4, -0.2) is 17.9 Å². The number of carbonyl (C=O) groups is 1. The summed E-state index contributed by atoms with van der Waals surface area (Å²) in [6, 6.07) is 6.39. The molecule has 2 aromatic rings. The summed E-state index contributed by atoms with van der Waals surface area (Å²) in [7, 11) is 1.95. The molecule has 0 atom stereocenters. The summed E-state index contributed by atoms with van der Waals surface area (Å²) in [5.74, 6) is -0.428. The molecule has 0 bridgehead atoms. The van der Waals surface area contributed by atoms with Gasteiger partial charge in [-0.3, -0.25) is 4.79 Å². The second-order valence-corrected chi connectivity index (χ2v) is 8.93. The van der Waals surface area contributed by atoms with Crippen molar-refractivity contribution in [1.82, 2.24) is 4.98 Å². The van der Waals surface area contributed by atoms with Crippen LogP contribution in [0.3, 0.4) is 0 Å². The number of nitrogens with zero attached hydrogens (tertiary/aromatic N) is 1. The summed E-state index contributed by atoms with van der Waals surface area (Å²) in [5, 5.41) is 3.86. The molecule has 0 radical (unpaired) electrons. The van der Waals surface area contributed by atoms with Crippen LogP contribution in [0, 0.1) is 18.8 Å². The lowest BCUT2D eigenvalue weighted by atomic mass is 9.97. The number of nitrogens with two attached hydrogens (primary N) is 2. The van der Waals surface area contributed by atoms with Gasteiger partial charge >= 0.3 is 0 Å². The first kappa shape index (κ1) is 34.8. The number of hydrogen-bond acceptors (Lipinski definition) is 5. The van der Waals surface area contributed by atoms with Gasteiger partial charge in [0, 0.05) is 30.4 Å². The first-order valence-electron chi connectivity index (χ1n) is 11.9. The highest BCUT2D eigenvalue weighted by Gasteiger charge is 2.09. The van der Waals surface area contributed by atoms with E-state index in [0.717, 1.165) is 22.5 Å². The van der Waals surface area contributed by atoms with Crippen LogP contribution in [0.1, 0.15) is 65.9 Å². The zero-order valence-electron chi connectivity index (χ0n) is 22.6. The lowest BCUT2D eigenvalue weighted by molar-refractivity contribution is -0.120. The molecule has 5 N–H and O–H groups in total. The number of nitrogen functional groups attached to an aromatic ring is 1. The van der Waals surface area contributed by atoms with E-state index in [9.17, 15) is 9.18 Å². The number of hydrogen-bond donors (Lipinski definition) is 3. The van der Waals surface area contributed by atoms with E-state index in [1.54, 1.807) is 33.8 Å². The predicted octanol–water partition coefficient (Wildman–Crippen LogP) is 7.84. The average Bonchev–Trinajstić information content (AvgIpc) is 3.32. The van der Waals surface area contributed by atoms with Crippen LogP contribution in [0.15, 0.2) is 55.0 Å². The minimum Gasteiger partial charge on any atom is -0.388 e. The van der Waals surface area contributed by atoms with E-state index in [1.807, 2.05) is 13.2 Å². The Labute approximate surface area is 221 Å². The van der Waals surface area contributed by atoms with Crippen LogP contribution in [0.4, 0.5) is 15.2 Å². The van der Waals surface area contributed by atoms with Crippen LogP contribution in [0.25, 0.3) is 16.0 Å². The number of primary amides is 1. The monoisotopic (exact) mass is 514 g/mol. The molecule has 5 nitrogen and oxygen atoms in total. The van der Waals surface area contributed by atoms with Crippen molar-refractivity contribution in [2.75, 3.05) is 18.1 Å². The van der Waals surface area contributed by atoms with Crippen molar-refractivity contribution in [2.45, 2.75) is 60.3 Å². The van der Waals surface area contributed by atoms with Crippen LogP contribution < -0.4 is 16.8 Å². The maximum absolute atomic E-state index is 11.9. The molecule has 198 valence electrons. The minimum absolute atomic E-state index is 0.00926. The number of nitrogens with one attached hydrogen (secondary N) is 1. The third kappa shape index (κ3) is 14.8. The second-order valence-electron chi connectivity index (χ2n) is 7.86. The average molecular weight is 515 g/mol. The van der Waals surface area contributed by atoms with Gasteiger partial charge in [0.25, 0.3) is 0 Å². The van der Waals surface area contributed by atoms with E-state index in [2.05, 4.69) is 54.8 Å². The molecule has 0 saturated heterocycles. The van der Waals surface area contributed by atoms with Gasteiger partial charge in [-0.2, -0.15) is 0 Å². The second kappa shape index (κ2) is 21.0. The summed E-state index contributed by atoms with van der Waals surface area (Å²) in [4.78, 5) is 15.1. The number of allylic oxidation sites excluding steroid dienone is 5. The van der Waals surface area contributed by atoms with Crippen LogP contribution >= 0.6 is 11.3 Å². The number of aromatic nitrogens is 1. The normalized spacial score (nSPS) is 10.3. The fraction of sp³-hybridized carbons (Fsp3) is 0.379. The van der Waals surface area contributed by atoms with Gasteiger partial charge in [-0.15, -0.1) is 12.8 Å². The van der Waals surface area contributed by atoms with Crippen molar-refractivity contribution in [2.24, 2.45) is 11.7 Å². The third-order valence-corrected chi connectivity index (χ3v) is 5.61. The highest BCUT2D eigenvalue weighted by Crippen LogP contribution is 2.34. The van der Waals surface area contributed by atoms with E-state index >= 15 is 0 Å². The summed E-state index contributed by atoms with van der Waals surface area (Å²) in [5.41, 5.74) is 15.2. The van der Waals surface area contributed by atoms with Crippen LogP contribution in [0.5, 0.6) is 0 Å². The first-order valence-corrected chi connectivity index (χ1v) is 12.7. The Balaban J connectivity index is 0. The van der Waals surface area contributed by atoms with Gasteiger partial charge in [0.1, 0.15) is 5.83 Å². The molecule has 0 fully saturated rings. The molecule has 0 unspecified atom stereocenters. The Morgan fingerprint density at radius 1 is 1.28 bits per heavy atom. The van der Waals surface area contributed by atoms with Gasteiger partial charge < -0.3 is 16.8 Å². The van der Waals surface area contributed by atoms with Crippen LogP contribution in [-0.2, 0) is 4.79 Å². The highest BCUT2D eigenvalue weighted by molar-refractivity contribution is 7.18. The number of anilines is 2. The minimum atomic E-state index is -0.241. The lowest BCUT2D eigenvalue weighted by Gasteiger charge is -2.13. The maximum Gasteiger partial charge on any atom is 0.219 e. The number of thiazole rings is 1. The topological polar surface area (TPSA) is 94.0 Å². The molecule has 0 spiro atoms. The van der Waals surface area contributed by atoms with E-state index in [-0.39, 0.29) is 17.7 Å². The molecule has 0 aliphatic carbocycles. The van der Waals surface area contributed by atoms with E-state index in [4.69, 9.17) is 11.5 Å². The Morgan fingerprint density at radius 3 is 2.28 bits per heavy atom. The highest BCUT2D eigenvalue weighted by atomic mass is 32.1. The molecular formula is C29H43FN4OS. The van der Waals surface area contributed by atoms with Crippen molar-refractivity contribution in [3.8, 4) is 23.3 Å². The third-order valence-electron chi connectivity index (χ3n) is 4.73. The Hall–Kier alpha value is -3.37. The maximum atomic E-state index is 11.9. The lowest BCUT2D eigenvalue weighted by Crippen LogP contribution is -2.17. The number of rotatable bonds is 9. The van der Waals surface area contributed by atoms with Gasteiger partial charge in [-0.25, -0.2) is 9.37 Å². The van der Waals surface area contributed by atoms with E-state index in [0.29, 0.717) is 5.13 Å². The smallest absolute Gasteiger partial charge is 0.219 e. The summed E-state index contributed by atoms with van der Waals surface area (Å²) >= 11 is 1.51. The number of terminal acetylenes is 1. The van der Waals surface area contributed by atoms with Crippen molar-refractivity contribution in [3.63, 3.8) is 0 Å². The molecule has 2 rings (SSSR count). The molecule has 1 amide bonds. The van der Waals surface area contributed by atoms with Gasteiger partial charge in [-0.05, 0) is 56.0 Å². The SMILES string of the molecule is C#C.C/C=C\C(F)=C/C.C=C(CCCCC)c1cc(-c2cnc(N)s2)ccc1NC.CC(C)C(N)=O. The van der Waals surface area contributed by atoms with Crippen LogP contribution in [0.2, 0.25) is 0 Å². The van der Waals surface area contributed by atoms with Crippen molar-refractivity contribution >= 4 is 33.6 Å². The molecule has 7 heteroatoms. The van der Waals surface area contributed by atoms with Gasteiger partial charge in [0.05, 0.1) is 4.88 Å². The van der Waals surface area contributed by atoms with E-state index < -0.39 is 0 Å². The molecule has 1 heterocycles. The molecule has 0 saturated carbocycles. The molecule has 1 aromatic carbocycles. The van der Waals surface area contributed by atoms with Crippen molar-refractivity contribution in [1.29, 1.82) is 0 Å². The molecular weight excluding hydrogens is 471 g/mol. The zero-order chi connectivity index (χ0) is 28.1. The fourth-order valence-corrected chi connectivity index (χ4v) is 3.29. The fourth-order valence-electron chi connectivity index (χ4n) is 2.61. The predicted molar refractivity (Wildman–Crippen MR) is 158 cm³/mol. The molecule has 0 aliphatic rings. The number of halogens is 1. The summed E-state index contributed by atoms with van der Waals surface area (Å²) < 4.78 is 11.9. The summed E-state index contributed by atoms with van der Waals surface area (Å²) in [6.45, 7) is 13.5. The van der Waals surface area contributed by atoms with Crippen molar-refractivity contribution < 1.29 is 9.18 Å². The quantitative estimate of drug-likeness (QED) is 0.180. The molecule has 0 aliphatic heterocycles. The number of benzene rings is 1. The van der Waals surface area contributed by atoms with Gasteiger partial charge in [0.15, 0.2) is 5.13 Å². The molecule has 1 aromatic heterocycles. The van der Waals surface area contributed by atoms with E-state index in [1.165, 1.54) is 53.9 Å². The Morgan fingerprint density at radius 2 is 1.89 bits per heavy atom. The molecule has 36 heavy (non-hydrogen) atoms. The largest absolute Gasteiger partial charge is 0.388 e. The standard InChI is InChI=1S/C17H23N3S.C6H9F.C4H9NO.C2H2/c1-4-5-6-7-12(2)14-10-13(8-9-15(14)19-3)16-11-20-17(18)21-16;1-3-5-6(7)4-2;1-3(2)4(5)6;1-2/h8-11,19H,2,4-7H2,1,3H3,(H2,18,20);3-5H,1-2H3;3H,1-2H3,(H2,5,6);1-2H/b;5-3-,6-4+;;. The Bertz CT molecular complexity index is 990. The zero-order valence-corrected chi connectivity index (χ0v) is 23.4. The van der Waals surface area contributed by atoms with Crippen molar-refractivity contribution in [3.05, 3.63) is 60.6 Å².